The molecule has 0 aliphatic carbocycles. The van der Waals surface area contributed by atoms with Gasteiger partial charge < -0.3 is 5.11 Å². The van der Waals surface area contributed by atoms with E-state index in [9.17, 15) is 8.42 Å². The molecule has 0 radical (unpaired) electrons. The molecule has 4 nitrogen and oxygen atoms in total. The summed E-state index contributed by atoms with van der Waals surface area (Å²) < 4.78 is 25.4. The topological polar surface area (TPSA) is 57.6 Å². The Balaban J connectivity index is 3.21. The van der Waals surface area contributed by atoms with Crippen molar-refractivity contribution >= 4 is 10.0 Å². The molecule has 90 valence electrons. The highest BCUT2D eigenvalue weighted by Gasteiger charge is 2.22. The number of aryl methyl sites for hydroxylation is 2. The first kappa shape index (κ1) is 13.2. The van der Waals surface area contributed by atoms with E-state index in [1.54, 1.807) is 19.1 Å². The fourth-order valence-corrected chi connectivity index (χ4v) is 2.88. The highest BCUT2D eigenvalue weighted by atomic mass is 32.2. The van der Waals surface area contributed by atoms with Gasteiger partial charge in [0.1, 0.15) is 0 Å². The van der Waals surface area contributed by atoms with Gasteiger partial charge in [0, 0.05) is 13.6 Å². The molecule has 0 unspecified atom stereocenters. The van der Waals surface area contributed by atoms with Gasteiger partial charge >= 0.3 is 0 Å². The van der Waals surface area contributed by atoms with Crippen LogP contribution < -0.4 is 0 Å². The maximum Gasteiger partial charge on any atom is 0.243 e. The maximum absolute atomic E-state index is 12.1. The van der Waals surface area contributed by atoms with E-state index in [2.05, 4.69) is 0 Å². The van der Waals surface area contributed by atoms with Crippen LogP contribution in [0.1, 0.15) is 11.1 Å². The second-order valence-electron chi connectivity index (χ2n) is 3.82. The number of nitrogens with zero attached hydrogens (tertiary/aromatic N) is 1. The zero-order valence-corrected chi connectivity index (χ0v) is 10.6. The minimum atomic E-state index is -3.48. The van der Waals surface area contributed by atoms with Crippen LogP contribution >= 0.6 is 0 Å². The zero-order valence-electron chi connectivity index (χ0n) is 9.77. The fraction of sp³-hybridized carbons (Fsp3) is 0.455. The Morgan fingerprint density at radius 3 is 2.50 bits per heavy atom. The molecule has 0 bridgehead atoms. The van der Waals surface area contributed by atoms with E-state index < -0.39 is 10.0 Å². The van der Waals surface area contributed by atoms with Crippen LogP contribution in [-0.4, -0.2) is 38.0 Å². The van der Waals surface area contributed by atoms with Gasteiger partial charge in [-0.25, -0.2) is 8.42 Å². The van der Waals surface area contributed by atoms with Crippen molar-refractivity contribution in [3.8, 4) is 0 Å². The van der Waals surface area contributed by atoms with Gasteiger partial charge in [0.05, 0.1) is 11.5 Å². The molecule has 0 aromatic heterocycles. The fourth-order valence-electron chi connectivity index (χ4n) is 1.41. The molecule has 0 spiro atoms. The van der Waals surface area contributed by atoms with E-state index >= 15 is 0 Å². The Bertz CT molecular complexity index is 468. The molecule has 16 heavy (non-hydrogen) atoms. The molecule has 0 amide bonds. The quantitative estimate of drug-likeness (QED) is 0.855. The molecule has 0 saturated carbocycles. The first-order chi connectivity index (χ1) is 7.39. The minimum absolute atomic E-state index is 0.107. The van der Waals surface area contributed by atoms with E-state index in [-0.39, 0.29) is 13.2 Å². The Morgan fingerprint density at radius 2 is 1.94 bits per heavy atom. The highest BCUT2D eigenvalue weighted by Crippen LogP contribution is 2.19. The van der Waals surface area contributed by atoms with Crippen LogP contribution in [-0.2, 0) is 10.0 Å². The lowest BCUT2D eigenvalue weighted by atomic mass is 10.2. The lowest BCUT2D eigenvalue weighted by molar-refractivity contribution is 0.266. The molecule has 1 N–H and O–H groups in total. The van der Waals surface area contributed by atoms with Crippen molar-refractivity contribution in [2.75, 3.05) is 20.2 Å². The minimum Gasteiger partial charge on any atom is -0.395 e. The van der Waals surface area contributed by atoms with Gasteiger partial charge in [-0.3, -0.25) is 0 Å². The highest BCUT2D eigenvalue weighted by molar-refractivity contribution is 7.89. The van der Waals surface area contributed by atoms with E-state index in [4.69, 9.17) is 5.11 Å². The van der Waals surface area contributed by atoms with E-state index in [0.29, 0.717) is 4.90 Å². The summed E-state index contributed by atoms with van der Waals surface area (Å²) in [6.45, 7) is 3.54. The Morgan fingerprint density at radius 1 is 1.31 bits per heavy atom. The van der Waals surface area contributed by atoms with Gasteiger partial charge in [-0.2, -0.15) is 4.31 Å². The van der Waals surface area contributed by atoms with Crippen LogP contribution in [0.4, 0.5) is 0 Å². The summed E-state index contributed by atoms with van der Waals surface area (Å²) in [5, 5.41) is 8.76. The second kappa shape index (κ2) is 4.95. The van der Waals surface area contributed by atoms with Crippen molar-refractivity contribution in [1.82, 2.24) is 4.31 Å². The molecular formula is C11H17NO3S. The molecule has 1 rings (SSSR count). The number of hydrogen-bond acceptors (Lipinski definition) is 3. The molecule has 1 aromatic rings. The van der Waals surface area contributed by atoms with Gasteiger partial charge in [0.25, 0.3) is 0 Å². The van der Waals surface area contributed by atoms with Crippen LogP contribution in [0.15, 0.2) is 23.1 Å². The van der Waals surface area contributed by atoms with Gasteiger partial charge in [0.15, 0.2) is 0 Å². The standard InChI is InChI=1S/C11H17NO3S/c1-9-4-5-10(2)11(8-9)16(14,15)12(3)6-7-13/h4-5,8,13H,6-7H2,1-3H3. The van der Waals surface area contributed by atoms with Crippen molar-refractivity contribution in [3.05, 3.63) is 29.3 Å². The summed E-state index contributed by atoms with van der Waals surface area (Å²) in [7, 11) is -2.02. The van der Waals surface area contributed by atoms with Crippen LogP contribution in [0.25, 0.3) is 0 Å². The third kappa shape index (κ3) is 2.61. The van der Waals surface area contributed by atoms with Crippen LogP contribution in [0.2, 0.25) is 0 Å². The number of rotatable bonds is 4. The number of sulfonamides is 1. The zero-order chi connectivity index (χ0) is 12.3. The summed E-state index contributed by atoms with van der Waals surface area (Å²) in [5.41, 5.74) is 1.62. The maximum atomic E-state index is 12.1. The molecule has 1 aromatic carbocycles. The second-order valence-corrected chi connectivity index (χ2v) is 5.83. The molecule has 5 heteroatoms. The Kier molecular flexibility index (Phi) is 4.07. The van der Waals surface area contributed by atoms with Crippen LogP contribution in [0.3, 0.4) is 0 Å². The third-order valence-electron chi connectivity index (χ3n) is 2.45. The van der Waals surface area contributed by atoms with E-state index in [1.807, 2.05) is 13.0 Å². The lowest BCUT2D eigenvalue weighted by Gasteiger charge is -2.17. The number of hydrogen-bond donors (Lipinski definition) is 1. The Labute approximate surface area is 96.6 Å². The normalized spacial score (nSPS) is 12.1. The van der Waals surface area contributed by atoms with Crippen molar-refractivity contribution < 1.29 is 13.5 Å². The van der Waals surface area contributed by atoms with Crippen LogP contribution in [0.5, 0.6) is 0 Å². The molecule has 0 saturated heterocycles. The predicted octanol–water partition coefficient (Wildman–Crippen LogP) is 0.916. The lowest BCUT2D eigenvalue weighted by Crippen LogP contribution is -2.30. The third-order valence-corrected chi connectivity index (χ3v) is 4.45. The van der Waals surface area contributed by atoms with Crippen LogP contribution in [0, 0.1) is 13.8 Å². The van der Waals surface area contributed by atoms with Crippen molar-refractivity contribution in [3.63, 3.8) is 0 Å². The average molecular weight is 243 g/mol. The smallest absolute Gasteiger partial charge is 0.243 e. The number of aliphatic hydroxyl groups excluding tert-OH is 1. The van der Waals surface area contributed by atoms with Gasteiger partial charge in [-0.05, 0) is 31.0 Å². The number of aliphatic hydroxyl groups is 1. The largest absolute Gasteiger partial charge is 0.395 e. The predicted molar refractivity (Wildman–Crippen MR) is 62.8 cm³/mol. The average Bonchev–Trinajstić information content (AvgIpc) is 2.22. The summed E-state index contributed by atoms with van der Waals surface area (Å²) in [5.74, 6) is 0. The first-order valence-electron chi connectivity index (χ1n) is 5.04. The monoisotopic (exact) mass is 243 g/mol. The van der Waals surface area contributed by atoms with Gasteiger partial charge in [0.2, 0.25) is 10.0 Å². The van der Waals surface area contributed by atoms with Gasteiger partial charge in [-0.1, -0.05) is 12.1 Å². The van der Waals surface area contributed by atoms with E-state index in [0.717, 1.165) is 15.4 Å². The SMILES string of the molecule is Cc1ccc(C)c(S(=O)(=O)N(C)CCO)c1. The summed E-state index contributed by atoms with van der Waals surface area (Å²) >= 11 is 0. The molecule has 0 atom stereocenters. The van der Waals surface area contributed by atoms with E-state index in [1.165, 1.54) is 7.05 Å². The molecule has 0 fully saturated rings. The molecule has 0 heterocycles. The molecule has 0 aliphatic rings. The van der Waals surface area contributed by atoms with Crippen molar-refractivity contribution in [2.24, 2.45) is 0 Å². The van der Waals surface area contributed by atoms with Gasteiger partial charge in [-0.15, -0.1) is 0 Å². The number of likely N-dealkylation sites (N-methyl/N-ethyl adjacent to an activating group) is 1. The van der Waals surface area contributed by atoms with Crippen molar-refractivity contribution in [2.45, 2.75) is 18.7 Å². The molecular weight excluding hydrogens is 226 g/mol. The summed E-state index contributed by atoms with van der Waals surface area (Å²) in [6.07, 6.45) is 0. The summed E-state index contributed by atoms with van der Waals surface area (Å²) in [6, 6.07) is 5.31. The number of benzene rings is 1. The molecule has 0 aliphatic heterocycles. The van der Waals surface area contributed by atoms with Crippen molar-refractivity contribution in [1.29, 1.82) is 0 Å². The Hall–Kier alpha value is -0.910. The summed E-state index contributed by atoms with van der Waals surface area (Å²) in [4.78, 5) is 0.309. The first-order valence-corrected chi connectivity index (χ1v) is 6.48.